The topological polar surface area (TPSA) is 0 Å². The molecular formula is C14H12. The van der Waals surface area contributed by atoms with E-state index in [1.807, 2.05) is 6.08 Å². The molecule has 0 aliphatic rings. The number of hydrogen-bond donors (Lipinski definition) is 0. The monoisotopic (exact) mass is 180 g/mol. The Hall–Kier alpha value is -1.82. The van der Waals surface area contributed by atoms with E-state index in [1.54, 1.807) is 6.08 Å². The van der Waals surface area contributed by atoms with E-state index in [9.17, 15) is 0 Å². The molecule has 0 saturated carbocycles. The largest absolute Gasteiger partial charge is 0.0991 e. The minimum absolute atomic E-state index is 1.21. The van der Waals surface area contributed by atoms with E-state index >= 15 is 0 Å². The molecule has 0 bridgehead atoms. The molecule has 0 aliphatic carbocycles. The summed E-state index contributed by atoms with van der Waals surface area (Å²) in [6, 6.07) is 14.8. The van der Waals surface area contributed by atoms with Crippen LogP contribution in [0.4, 0.5) is 0 Å². The summed E-state index contributed by atoms with van der Waals surface area (Å²) in [7, 11) is 0. The van der Waals surface area contributed by atoms with Gasteiger partial charge in [-0.3, -0.25) is 0 Å². The van der Waals surface area contributed by atoms with Gasteiger partial charge in [0.15, 0.2) is 0 Å². The summed E-state index contributed by atoms with van der Waals surface area (Å²) < 4.78 is 0. The van der Waals surface area contributed by atoms with Gasteiger partial charge in [0.05, 0.1) is 0 Å². The van der Waals surface area contributed by atoms with Crippen LogP contribution >= 0.6 is 0 Å². The molecule has 14 heavy (non-hydrogen) atoms. The average molecular weight is 180 g/mol. The van der Waals surface area contributed by atoms with Gasteiger partial charge in [-0.25, -0.2) is 0 Å². The van der Waals surface area contributed by atoms with Crippen LogP contribution in [0.25, 0.3) is 16.8 Å². The molecule has 0 amide bonds. The van der Waals surface area contributed by atoms with Crippen molar-refractivity contribution in [1.82, 2.24) is 0 Å². The Morgan fingerprint density at radius 3 is 2.50 bits per heavy atom. The van der Waals surface area contributed by atoms with Gasteiger partial charge in [0.2, 0.25) is 0 Å². The van der Waals surface area contributed by atoms with Gasteiger partial charge in [-0.2, -0.15) is 0 Å². The first-order valence-corrected chi connectivity index (χ1v) is 4.68. The SMILES string of the molecule is C=CC=Cc1ccc2ccccc2c1. The smallest absolute Gasteiger partial charge is 0.0178 e. The van der Waals surface area contributed by atoms with E-state index < -0.39 is 0 Å². The van der Waals surface area contributed by atoms with Gasteiger partial charge in [0.1, 0.15) is 0 Å². The number of allylic oxidation sites excluding steroid dienone is 2. The third-order valence-corrected chi connectivity index (χ3v) is 2.20. The molecule has 0 unspecified atom stereocenters. The van der Waals surface area contributed by atoms with Crippen molar-refractivity contribution in [2.75, 3.05) is 0 Å². The van der Waals surface area contributed by atoms with Crippen LogP contribution in [0, 0.1) is 0 Å². The normalized spacial score (nSPS) is 10.9. The third kappa shape index (κ3) is 1.74. The molecule has 0 atom stereocenters. The van der Waals surface area contributed by atoms with Crippen molar-refractivity contribution >= 4 is 16.8 Å². The van der Waals surface area contributed by atoms with E-state index in [-0.39, 0.29) is 0 Å². The summed E-state index contributed by atoms with van der Waals surface area (Å²) in [5.74, 6) is 0. The number of benzene rings is 2. The van der Waals surface area contributed by atoms with Gasteiger partial charge in [0.25, 0.3) is 0 Å². The summed E-state index contributed by atoms with van der Waals surface area (Å²) in [5, 5.41) is 2.56. The highest BCUT2D eigenvalue weighted by Gasteiger charge is 1.91. The molecule has 0 aliphatic heterocycles. The quantitative estimate of drug-likeness (QED) is 0.612. The summed E-state index contributed by atoms with van der Waals surface area (Å²) in [5.41, 5.74) is 1.21. The minimum Gasteiger partial charge on any atom is -0.0991 e. The molecule has 0 N–H and O–H groups in total. The van der Waals surface area contributed by atoms with Crippen LogP contribution in [-0.2, 0) is 0 Å². The van der Waals surface area contributed by atoms with Crippen molar-refractivity contribution < 1.29 is 0 Å². The lowest BCUT2D eigenvalue weighted by Gasteiger charge is -1.98. The lowest BCUT2D eigenvalue weighted by atomic mass is 10.1. The second-order valence-corrected chi connectivity index (χ2v) is 3.20. The summed E-state index contributed by atoms with van der Waals surface area (Å²) in [4.78, 5) is 0. The van der Waals surface area contributed by atoms with Crippen molar-refractivity contribution in [3.63, 3.8) is 0 Å². The number of hydrogen-bond acceptors (Lipinski definition) is 0. The molecule has 0 heteroatoms. The standard InChI is InChI=1S/C14H12/c1-2-3-6-12-9-10-13-7-4-5-8-14(13)11-12/h2-11H,1H2. The zero-order chi connectivity index (χ0) is 9.80. The Morgan fingerprint density at radius 2 is 1.71 bits per heavy atom. The molecule has 0 nitrogen and oxygen atoms in total. The molecule has 0 spiro atoms. The van der Waals surface area contributed by atoms with Crippen molar-refractivity contribution in [1.29, 1.82) is 0 Å². The molecule has 2 aromatic rings. The average Bonchev–Trinajstić information content (AvgIpc) is 2.26. The lowest BCUT2D eigenvalue weighted by Crippen LogP contribution is -1.74. The Labute approximate surface area is 84.2 Å². The Kier molecular flexibility index (Phi) is 2.46. The maximum atomic E-state index is 3.65. The van der Waals surface area contributed by atoms with Gasteiger partial charge in [-0.15, -0.1) is 0 Å². The number of rotatable bonds is 2. The van der Waals surface area contributed by atoms with Crippen LogP contribution in [-0.4, -0.2) is 0 Å². The zero-order valence-electron chi connectivity index (χ0n) is 7.98. The molecule has 0 aromatic heterocycles. The molecule has 0 radical (unpaired) electrons. The first-order valence-electron chi connectivity index (χ1n) is 4.68. The van der Waals surface area contributed by atoms with E-state index in [2.05, 4.69) is 55.1 Å². The van der Waals surface area contributed by atoms with E-state index in [1.165, 1.54) is 16.3 Å². The Morgan fingerprint density at radius 1 is 0.929 bits per heavy atom. The van der Waals surface area contributed by atoms with Crippen molar-refractivity contribution in [2.45, 2.75) is 0 Å². The van der Waals surface area contributed by atoms with E-state index in [0.29, 0.717) is 0 Å². The fourth-order valence-corrected chi connectivity index (χ4v) is 1.49. The molecule has 2 rings (SSSR count). The minimum atomic E-state index is 1.21. The highest BCUT2D eigenvalue weighted by Crippen LogP contribution is 2.16. The maximum absolute atomic E-state index is 3.65. The van der Waals surface area contributed by atoms with Crippen LogP contribution < -0.4 is 0 Å². The second-order valence-electron chi connectivity index (χ2n) is 3.20. The maximum Gasteiger partial charge on any atom is -0.0178 e. The highest BCUT2D eigenvalue weighted by atomic mass is 14.0. The Bertz CT molecular complexity index is 478. The predicted octanol–water partition coefficient (Wildman–Crippen LogP) is 4.04. The summed E-state index contributed by atoms with van der Waals surface area (Å²) in [6.45, 7) is 3.65. The van der Waals surface area contributed by atoms with Crippen LogP contribution in [0.2, 0.25) is 0 Å². The van der Waals surface area contributed by atoms with Crippen LogP contribution in [0.1, 0.15) is 5.56 Å². The molecular weight excluding hydrogens is 168 g/mol. The summed E-state index contributed by atoms with van der Waals surface area (Å²) >= 11 is 0. The van der Waals surface area contributed by atoms with Gasteiger partial charge < -0.3 is 0 Å². The van der Waals surface area contributed by atoms with Gasteiger partial charge in [-0.1, -0.05) is 61.2 Å². The first kappa shape index (κ1) is 8.76. The first-order chi connectivity index (χ1) is 6.90. The Balaban J connectivity index is 2.51. The van der Waals surface area contributed by atoms with Crippen LogP contribution in [0.15, 0.2) is 61.2 Å². The molecule has 0 fully saturated rings. The predicted molar refractivity (Wildman–Crippen MR) is 63.2 cm³/mol. The highest BCUT2D eigenvalue weighted by molar-refractivity contribution is 5.84. The third-order valence-electron chi connectivity index (χ3n) is 2.20. The van der Waals surface area contributed by atoms with Gasteiger partial charge in [-0.05, 0) is 22.4 Å². The molecule has 0 heterocycles. The van der Waals surface area contributed by atoms with Crippen molar-refractivity contribution in [3.8, 4) is 0 Å². The van der Waals surface area contributed by atoms with Crippen molar-refractivity contribution in [3.05, 3.63) is 66.8 Å². The number of fused-ring (bicyclic) bond motifs is 1. The molecule has 0 saturated heterocycles. The molecule has 2 aromatic carbocycles. The lowest BCUT2D eigenvalue weighted by molar-refractivity contribution is 1.71. The van der Waals surface area contributed by atoms with Gasteiger partial charge >= 0.3 is 0 Å². The molecule has 68 valence electrons. The van der Waals surface area contributed by atoms with Gasteiger partial charge in [0, 0.05) is 0 Å². The fourth-order valence-electron chi connectivity index (χ4n) is 1.49. The van der Waals surface area contributed by atoms with Crippen LogP contribution in [0.3, 0.4) is 0 Å². The summed E-state index contributed by atoms with van der Waals surface area (Å²) in [6.07, 6.45) is 5.79. The van der Waals surface area contributed by atoms with E-state index in [0.717, 1.165) is 0 Å². The zero-order valence-corrected chi connectivity index (χ0v) is 7.98. The fraction of sp³-hybridized carbons (Fsp3) is 0. The van der Waals surface area contributed by atoms with E-state index in [4.69, 9.17) is 0 Å². The van der Waals surface area contributed by atoms with Crippen LogP contribution in [0.5, 0.6) is 0 Å². The van der Waals surface area contributed by atoms with Crippen molar-refractivity contribution in [2.24, 2.45) is 0 Å². The second kappa shape index (κ2) is 3.93.